The van der Waals surface area contributed by atoms with Gasteiger partial charge in [-0.3, -0.25) is 9.59 Å². The number of aryl methyl sites for hydroxylation is 1. The third-order valence-corrected chi connectivity index (χ3v) is 6.94. The largest absolute Gasteiger partial charge is 0.324 e. The molecule has 2 aliphatic heterocycles. The van der Waals surface area contributed by atoms with Crippen LogP contribution in [0.25, 0.3) is 0 Å². The molecule has 1 N–H and O–H groups in total. The number of carbonyl (C=O) groups excluding carboxylic acids is 2. The fraction of sp³-hybridized carbons (Fsp3) is 0.300. The molecule has 26 heavy (non-hydrogen) atoms. The Morgan fingerprint density at radius 3 is 2.81 bits per heavy atom. The van der Waals surface area contributed by atoms with Crippen molar-refractivity contribution in [1.29, 1.82) is 0 Å². The molecule has 2 atom stereocenters. The number of nitrogens with one attached hydrogen (secondary N) is 1. The smallest absolute Gasteiger partial charge is 0.248 e. The van der Waals surface area contributed by atoms with Gasteiger partial charge in [0.05, 0.1) is 0 Å². The lowest BCUT2D eigenvalue weighted by molar-refractivity contribution is -0.136. The second kappa shape index (κ2) is 6.63. The van der Waals surface area contributed by atoms with Crippen LogP contribution in [0.5, 0.6) is 0 Å². The summed E-state index contributed by atoms with van der Waals surface area (Å²) in [5, 5.41) is 3.54. The third kappa shape index (κ3) is 2.79. The number of hydrogen-bond acceptors (Lipinski definition) is 3. The lowest BCUT2D eigenvalue weighted by Crippen LogP contribution is -2.48. The average molecular weight is 387 g/mol. The molecule has 0 saturated carbocycles. The van der Waals surface area contributed by atoms with Crippen LogP contribution in [0.4, 0.5) is 5.69 Å². The normalized spacial score (nSPS) is 24.6. The fourth-order valence-electron chi connectivity index (χ4n) is 3.78. The maximum Gasteiger partial charge on any atom is 0.248 e. The van der Waals surface area contributed by atoms with Gasteiger partial charge in [-0.2, -0.15) is 0 Å². The maximum absolute atomic E-state index is 13.0. The molecule has 2 aromatic carbocycles. The summed E-state index contributed by atoms with van der Waals surface area (Å²) in [6.45, 7) is 1.92. The highest BCUT2D eigenvalue weighted by atomic mass is 35.5. The summed E-state index contributed by atoms with van der Waals surface area (Å²) in [5.41, 5.74) is 2.72. The summed E-state index contributed by atoms with van der Waals surface area (Å²) in [6, 6.07) is 14.9. The summed E-state index contributed by atoms with van der Waals surface area (Å²) in [6.07, 6.45) is 1.21. The molecule has 2 aliphatic rings. The van der Waals surface area contributed by atoms with Crippen LogP contribution in [0, 0.1) is 6.92 Å². The molecule has 0 radical (unpaired) electrons. The molecule has 4 rings (SSSR count). The van der Waals surface area contributed by atoms with Crippen molar-refractivity contribution in [1.82, 2.24) is 4.90 Å². The van der Waals surface area contributed by atoms with Gasteiger partial charge >= 0.3 is 0 Å². The van der Waals surface area contributed by atoms with Gasteiger partial charge in [-0.15, -0.1) is 11.8 Å². The molecule has 2 fully saturated rings. The van der Waals surface area contributed by atoms with E-state index in [-0.39, 0.29) is 11.8 Å². The fourth-order valence-corrected chi connectivity index (χ4v) is 5.60. The van der Waals surface area contributed by atoms with Gasteiger partial charge in [-0.05, 0) is 36.6 Å². The van der Waals surface area contributed by atoms with Crippen molar-refractivity contribution in [3.8, 4) is 0 Å². The molecular formula is C20H19ClN2O2S. The summed E-state index contributed by atoms with van der Waals surface area (Å²) < 4.78 is 0. The zero-order chi connectivity index (χ0) is 18.3. The lowest BCUT2D eigenvalue weighted by Gasteiger charge is -2.34. The van der Waals surface area contributed by atoms with Gasteiger partial charge in [0.1, 0.15) is 10.9 Å². The van der Waals surface area contributed by atoms with Gasteiger partial charge < -0.3 is 10.2 Å². The predicted molar refractivity (Wildman–Crippen MR) is 105 cm³/mol. The topological polar surface area (TPSA) is 49.4 Å². The maximum atomic E-state index is 13.0. The van der Waals surface area contributed by atoms with Gasteiger partial charge in [0.15, 0.2) is 0 Å². The quantitative estimate of drug-likeness (QED) is 0.860. The third-order valence-electron chi connectivity index (χ3n) is 5.11. The molecule has 0 spiro atoms. The van der Waals surface area contributed by atoms with Crippen LogP contribution < -0.4 is 5.32 Å². The van der Waals surface area contributed by atoms with Crippen molar-refractivity contribution in [2.24, 2.45) is 0 Å². The number of halogens is 1. The van der Waals surface area contributed by atoms with Gasteiger partial charge in [0.25, 0.3) is 0 Å². The van der Waals surface area contributed by atoms with E-state index < -0.39 is 10.9 Å². The molecule has 2 heterocycles. The number of carbonyl (C=O) groups is 2. The van der Waals surface area contributed by atoms with Crippen LogP contribution in [0.15, 0.2) is 48.5 Å². The predicted octanol–water partition coefficient (Wildman–Crippen LogP) is 4.18. The van der Waals surface area contributed by atoms with Crippen LogP contribution >= 0.6 is 23.4 Å². The van der Waals surface area contributed by atoms with Crippen LogP contribution in [0.2, 0.25) is 5.02 Å². The molecule has 0 unspecified atom stereocenters. The van der Waals surface area contributed by atoms with Gasteiger partial charge in [-0.1, -0.05) is 48.0 Å². The van der Waals surface area contributed by atoms with Crippen molar-refractivity contribution in [3.05, 3.63) is 64.7 Å². The highest BCUT2D eigenvalue weighted by molar-refractivity contribution is 8.00. The first-order valence-electron chi connectivity index (χ1n) is 8.60. The van der Waals surface area contributed by atoms with E-state index in [1.165, 1.54) is 0 Å². The van der Waals surface area contributed by atoms with E-state index in [0.29, 0.717) is 22.9 Å². The molecule has 134 valence electrons. The van der Waals surface area contributed by atoms with Crippen LogP contribution in [0.3, 0.4) is 0 Å². The van der Waals surface area contributed by atoms with Crippen LogP contribution in [-0.4, -0.2) is 28.5 Å². The highest BCUT2D eigenvalue weighted by Gasteiger charge is 2.56. The SMILES string of the molecule is Cc1ccc(Cl)cc1NC(=O)[C@H]1CS[C@]2(c3ccccc3)CCC(=O)N12. The molecule has 0 aliphatic carbocycles. The number of thioether (sulfide) groups is 1. The van der Waals surface area contributed by atoms with Gasteiger partial charge in [0.2, 0.25) is 11.8 Å². The molecular weight excluding hydrogens is 368 g/mol. The van der Waals surface area contributed by atoms with Crippen molar-refractivity contribution < 1.29 is 9.59 Å². The van der Waals surface area contributed by atoms with Crippen molar-refractivity contribution in [3.63, 3.8) is 0 Å². The zero-order valence-electron chi connectivity index (χ0n) is 14.4. The summed E-state index contributed by atoms with van der Waals surface area (Å²) in [7, 11) is 0. The van der Waals surface area contributed by atoms with Crippen molar-refractivity contribution in [2.75, 3.05) is 11.1 Å². The minimum atomic E-state index is -0.478. The van der Waals surface area contributed by atoms with E-state index in [2.05, 4.69) is 5.32 Å². The lowest BCUT2D eigenvalue weighted by atomic mass is 10.0. The Bertz CT molecular complexity index is 873. The molecule has 0 bridgehead atoms. The minimum absolute atomic E-state index is 0.0434. The Balaban J connectivity index is 1.63. The Morgan fingerprint density at radius 1 is 1.27 bits per heavy atom. The molecule has 0 aromatic heterocycles. The van der Waals surface area contributed by atoms with E-state index in [1.54, 1.807) is 28.8 Å². The first-order chi connectivity index (χ1) is 12.5. The monoisotopic (exact) mass is 386 g/mol. The number of fused-ring (bicyclic) bond motifs is 1. The number of benzene rings is 2. The number of hydrogen-bond donors (Lipinski definition) is 1. The van der Waals surface area contributed by atoms with E-state index in [9.17, 15) is 9.59 Å². The second-order valence-electron chi connectivity index (χ2n) is 6.69. The number of nitrogens with zero attached hydrogens (tertiary/aromatic N) is 1. The number of amides is 2. The van der Waals surface area contributed by atoms with Gasteiger partial charge in [-0.25, -0.2) is 0 Å². The Morgan fingerprint density at radius 2 is 2.04 bits per heavy atom. The Hall–Kier alpha value is -1.98. The Kier molecular flexibility index (Phi) is 4.45. The molecule has 2 aromatic rings. The van der Waals surface area contributed by atoms with Gasteiger partial charge in [0, 0.05) is 22.9 Å². The standard InChI is InChI=1S/C20H19ClN2O2S/c1-13-7-8-15(21)11-16(13)22-19(25)17-12-26-20(10-9-18(24)23(17)20)14-5-3-2-4-6-14/h2-8,11,17H,9-10,12H2,1H3,(H,22,25)/t17-,20+/m1/s1. The highest BCUT2D eigenvalue weighted by Crippen LogP contribution is 2.54. The summed E-state index contributed by atoms with van der Waals surface area (Å²) in [5.74, 6) is 0.476. The summed E-state index contributed by atoms with van der Waals surface area (Å²) >= 11 is 7.74. The average Bonchev–Trinajstić information content (AvgIpc) is 3.18. The van der Waals surface area contributed by atoms with Crippen molar-refractivity contribution in [2.45, 2.75) is 30.7 Å². The van der Waals surface area contributed by atoms with E-state index in [4.69, 9.17) is 11.6 Å². The summed E-state index contributed by atoms with van der Waals surface area (Å²) in [4.78, 5) is 27.0. The first kappa shape index (κ1) is 17.4. The van der Waals surface area contributed by atoms with E-state index in [1.807, 2.05) is 43.3 Å². The molecule has 4 nitrogen and oxygen atoms in total. The molecule has 6 heteroatoms. The minimum Gasteiger partial charge on any atom is -0.324 e. The number of rotatable bonds is 3. The first-order valence-corrected chi connectivity index (χ1v) is 9.96. The van der Waals surface area contributed by atoms with E-state index in [0.717, 1.165) is 17.5 Å². The molecule has 2 saturated heterocycles. The van der Waals surface area contributed by atoms with E-state index >= 15 is 0 Å². The molecule has 2 amide bonds. The van der Waals surface area contributed by atoms with Crippen LogP contribution in [-0.2, 0) is 14.5 Å². The second-order valence-corrected chi connectivity index (χ2v) is 8.42. The number of anilines is 1. The zero-order valence-corrected chi connectivity index (χ0v) is 15.9. The Labute approximate surface area is 161 Å². The van der Waals surface area contributed by atoms with Crippen molar-refractivity contribution >= 4 is 40.9 Å². The van der Waals surface area contributed by atoms with Crippen LogP contribution in [0.1, 0.15) is 24.0 Å².